The summed E-state index contributed by atoms with van der Waals surface area (Å²) in [6.45, 7) is 2.79. The molecule has 0 radical (unpaired) electrons. The summed E-state index contributed by atoms with van der Waals surface area (Å²) in [5.74, 6) is -0.733. The van der Waals surface area contributed by atoms with Gasteiger partial charge in [-0.15, -0.1) is 0 Å². The van der Waals surface area contributed by atoms with Gasteiger partial charge in [0.15, 0.2) is 0 Å². The Labute approximate surface area is 161 Å². The van der Waals surface area contributed by atoms with Gasteiger partial charge >= 0.3 is 0 Å². The zero-order chi connectivity index (χ0) is 17.1. The minimum absolute atomic E-state index is 0.238. The molecule has 1 saturated carbocycles. The van der Waals surface area contributed by atoms with E-state index in [0.717, 1.165) is 49.4 Å². The lowest BCUT2D eigenvalue weighted by Crippen LogP contribution is -2.42. The molecule has 0 bridgehead atoms. The molecular formula is C19H35IO4. The van der Waals surface area contributed by atoms with Crippen LogP contribution in [0.3, 0.4) is 0 Å². The first-order valence-corrected chi connectivity index (χ1v) is 11.4. The Morgan fingerprint density at radius 3 is 1.79 bits per heavy atom. The highest BCUT2D eigenvalue weighted by Crippen LogP contribution is 2.34. The molecule has 0 aromatic rings. The Hall–Kier alpha value is 0.570. The van der Waals surface area contributed by atoms with Crippen LogP contribution in [-0.4, -0.2) is 22.4 Å². The van der Waals surface area contributed by atoms with Crippen molar-refractivity contribution >= 4 is 22.6 Å². The lowest BCUT2D eigenvalue weighted by atomic mass is 9.97. The summed E-state index contributed by atoms with van der Waals surface area (Å²) in [4.78, 5) is 23.3. The monoisotopic (exact) mass is 454 g/mol. The van der Waals surface area contributed by atoms with Gasteiger partial charge in [0.2, 0.25) is 5.79 Å². The lowest BCUT2D eigenvalue weighted by Gasteiger charge is -2.36. The van der Waals surface area contributed by atoms with E-state index in [1.807, 2.05) is 0 Å². The Bertz CT molecular complexity index is 327. The molecule has 4 nitrogen and oxygen atoms in total. The molecule has 0 aromatic heterocycles. The smallest absolute Gasteiger partial charge is 0.234 e. The Morgan fingerprint density at radius 1 is 0.667 bits per heavy atom. The SMILES string of the molecule is CC1(CI)CCCCOOC2(CCCCCCCCCCC2)OO1. The fourth-order valence-corrected chi connectivity index (χ4v) is 3.96. The van der Waals surface area contributed by atoms with Gasteiger partial charge in [-0.05, 0) is 39.0 Å². The van der Waals surface area contributed by atoms with Gasteiger partial charge < -0.3 is 0 Å². The van der Waals surface area contributed by atoms with Crippen LogP contribution in [0.2, 0.25) is 0 Å². The van der Waals surface area contributed by atoms with Crippen molar-refractivity contribution in [1.29, 1.82) is 0 Å². The quantitative estimate of drug-likeness (QED) is 0.266. The van der Waals surface area contributed by atoms with Crippen molar-refractivity contribution in [3.8, 4) is 0 Å². The first kappa shape index (κ1) is 20.9. The molecule has 1 spiro atoms. The zero-order valence-corrected chi connectivity index (χ0v) is 17.5. The minimum Gasteiger partial charge on any atom is -0.234 e. The Balaban J connectivity index is 2.02. The van der Waals surface area contributed by atoms with E-state index < -0.39 is 5.79 Å². The number of hydrogen-bond acceptors (Lipinski definition) is 4. The summed E-state index contributed by atoms with van der Waals surface area (Å²) in [6, 6.07) is 0. The standard InChI is InChI=1S/C19H35IO4/c1-18(17-20)13-11-12-16-21-23-19(24-22-18)14-9-7-5-3-2-4-6-8-10-15-19/h2-17H2,1H3. The molecular weight excluding hydrogens is 419 g/mol. The van der Waals surface area contributed by atoms with E-state index in [2.05, 4.69) is 29.5 Å². The average molecular weight is 454 g/mol. The second-order valence-corrected chi connectivity index (χ2v) is 8.47. The van der Waals surface area contributed by atoms with Gasteiger partial charge in [-0.1, -0.05) is 67.5 Å². The maximum atomic E-state index is 6.01. The molecule has 2 fully saturated rings. The van der Waals surface area contributed by atoms with Gasteiger partial charge in [-0.3, -0.25) is 0 Å². The van der Waals surface area contributed by atoms with Gasteiger partial charge in [-0.2, -0.15) is 9.78 Å². The molecule has 1 aliphatic carbocycles. The van der Waals surface area contributed by atoms with Gasteiger partial charge in [0, 0.05) is 17.3 Å². The van der Waals surface area contributed by atoms with Crippen molar-refractivity contribution in [3.05, 3.63) is 0 Å². The third kappa shape index (κ3) is 7.44. The molecule has 5 heteroatoms. The first-order chi connectivity index (χ1) is 11.7. The predicted octanol–water partition coefficient (Wildman–Crippen LogP) is 6.26. The second-order valence-electron chi connectivity index (χ2n) is 7.71. The molecule has 1 unspecified atom stereocenters. The van der Waals surface area contributed by atoms with Crippen molar-refractivity contribution in [2.24, 2.45) is 0 Å². The third-order valence-corrected chi connectivity index (χ3v) is 6.80. The second kappa shape index (κ2) is 11.3. The summed E-state index contributed by atoms with van der Waals surface area (Å²) >= 11 is 2.39. The normalized spacial score (nSPS) is 31.8. The van der Waals surface area contributed by atoms with E-state index >= 15 is 0 Å². The number of rotatable bonds is 1. The molecule has 1 aliphatic heterocycles. The van der Waals surface area contributed by atoms with Crippen LogP contribution in [0.1, 0.15) is 96.8 Å². The number of halogens is 1. The number of hydrogen-bond donors (Lipinski definition) is 0. The molecule has 142 valence electrons. The van der Waals surface area contributed by atoms with Crippen LogP contribution < -0.4 is 0 Å². The highest BCUT2D eigenvalue weighted by atomic mass is 127. The van der Waals surface area contributed by atoms with E-state index in [4.69, 9.17) is 19.6 Å². The van der Waals surface area contributed by atoms with Crippen LogP contribution >= 0.6 is 22.6 Å². The summed E-state index contributed by atoms with van der Waals surface area (Å²) in [6.07, 6.45) is 16.2. The van der Waals surface area contributed by atoms with Crippen molar-refractivity contribution < 1.29 is 19.6 Å². The molecule has 1 heterocycles. The average Bonchev–Trinajstić information content (AvgIpc) is 2.59. The van der Waals surface area contributed by atoms with Crippen molar-refractivity contribution in [1.82, 2.24) is 0 Å². The molecule has 0 amide bonds. The van der Waals surface area contributed by atoms with Crippen molar-refractivity contribution in [3.63, 3.8) is 0 Å². The highest BCUT2D eigenvalue weighted by Gasteiger charge is 2.38. The van der Waals surface area contributed by atoms with Crippen LogP contribution in [0, 0.1) is 0 Å². The van der Waals surface area contributed by atoms with Crippen LogP contribution in [0.15, 0.2) is 0 Å². The van der Waals surface area contributed by atoms with E-state index in [1.54, 1.807) is 0 Å². The molecule has 24 heavy (non-hydrogen) atoms. The maximum Gasteiger partial charge on any atom is 0.234 e. The maximum absolute atomic E-state index is 6.01. The highest BCUT2D eigenvalue weighted by molar-refractivity contribution is 14.1. The van der Waals surface area contributed by atoms with E-state index in [1.165, 1.54) is 44.9 Å². The van der Waals surface area contributed by atoms with Gasteiger partial charge in [0.25, 0.3) is 0 Å². The predicted molar refractivity (Wildman–Crippen MR) is 104 cm³/mol. The van der Waals surface area contributed by atoms with Crippen LogP contribution in [0.5, 0.6) is 0 Å². The zero-order valence-electron chi connectivity index (χ0n) is 15.3. The molecule has 1 atom stereocenters. The topological polar surface area (TPSA) is 36.9 Å². The molecule has 2 rings (SSSR count). The van der Waals surface area contributed by atoms with Crippen molar-refractivity contribution in [2.75, 3.05) is 11.0 Å². The Morgan fingerprint density at radius 2 is 1.21 bits per heavy atom. The minimum atomic E-state index is -0.733. The largest absolute Gasteiger partial charge is 0.234 e. The lowest BCUT2D eigenvalue weighted by molar-refractivity contribution is -0.533. The fourth-order valence-electron chi connectivity index (χ4n) is 3.45. The summed E-state index contributed by atoms with van der Waals surface area (Å²) < 4.78 is 0.918. The first-order valence-electron chi connectivity index (χ1n) is 9.92. The van der Waals surface area contributed by atoms with Gasteiger partial charge in [0.05, 0.1) is 6.61 Å². The molecule has 0 N–H and O–H groups in total. The fraction of sp³-hybridized carbons (Fsp3) is 1.00. The number of alkyl halides is 1. The Kier molecular flexibility index (Phi) is 9.85. The summed E-state index contributed by atoms with van der Waals surface area (Å²) in [5, 5.41) is 0. The molecule has 0 aromatic carbocycles. The van der Waals surface area contributed by atoms with E-state index in [9.17, 15) is 0 Å². The third-order valence-electron chi connectivity index (χ3n) is 5.19. The van der Waals surface area contributed by atoms with Gasteiger partial charge in [0.1, 0.15) is 5.60 Å². The van der Waals surface area contributed by atoms with Crippen molar-refractivity contribution in [2.45, 2.75) is 108 Å². The summed E-state index contributed by atoms with van der Waals surface area (Å²) in [5.41, 5.74) is -0.238. The molecule has 1 saturated heterocycles. The van der Waals surface area contributed by atoms with Crippen LogP contribution in [0.25, 0.3) is 0 Å². The van der Waals surface area contributed by atoms with Gasteiger partial charge in [-0.25, -0.2) is 9.78 Å². The van der Waals surface area contributed by atoms with Crippen LogP contribution in [-0.2, 0) is 19.6 Å². The van der Waals surface area contributed by atoms with Crippen LogP contribution in [0.4, 0.5) is 0 Å². The summed E-state index contributed by atoms with van der Waals surface area (Å²) in [7, 11) is 0. The van der Waals surface area contributed by atoms with E-state index in [0.29, 0.717) is 6.61 Å². The molecule has 2 aliphatic rings. The van der Waals surface area contributed by atoms with E-state index in [-0.39, 0.29) is 5.60 Å².